The molecule has 1 aliphatic heterocycles. The fraction of sp³-hybridized carbons (Fsp3) is 0.370. The minimum atomic E-state index is -0.629. The summed E-state index contributed by atoms with van der Waals surface area (Å²) in [6.45, 7) is 10.2. The van der Waals surface area contributed by atoms with Gasteiger partial charge in [-0.25, -0.2) is 9.37 Å². The monoisotopic (exact) mass is 506 g/mol. The standard InChI is InChI=1S/C27H31FN6O3/c1-5-23(35)33-12-10-20(11-13-33)31-26(37)21-8-6-18(14-22(21)28)17(4)30-27-29-15-19-7-9-24(36)34(16(2)3)25(19)32-27/h5-9,14-17,20H,1,10-13H2,2-4H3,(H,31,37)(H,29,30,32). The van der Waals surface area contributed by atoms with E-state index in [9.17, 15) is 18.8 Å². The number of halogens is 1. The van der Waals surface area contributed by atoms with Gasteiger partial charge in [0, 0.05) is 42.8 Å². The molecular formula is C27H31FN6O3. The summed E-state index contributed by atoms with van der Waals surface area (Å²) in [7, 11) is 0. The minimum Gasteiger partial charge on any atom is -0.349 e. The van der Waals surface area contributed by atoms with E-state index in [1.807, 2.05) is 20.8 Å². The molecule has 4 rings (SSSR count). The molecule has 0 aliphatic carbocycles. The van der Waals surface area contributed by atoms with Crippen molar-refractivity contribution in [2.75, 3.05) is 18.4 Å². The van der Waals surface area contributed by atoms with Crippen molar-refractivity contribution in [2.24, 2.45) is 0 Å². The van der Waals surface area contributed by atoms with Gasteiger partial charge >= 0.3 is 0 Å². The van der Waals surface area contributed by atoms with Crippen molar-refractivity contribution >= 4 is 28.8 Å². The van der Waals surface area contributed by atoms with Gasteiger partial charge in [-0.15, -0.1) is 0 Å². The quantitative estimate of drug-likeness (QED) is 0.474. The highest BCUT2D eigenvalue weighted by molar-refractivity contribution is 5.94. The van der Waals surface area contributed by atoms with Crippen LogP contribution in [0.1, 0.15) is 61.6 Å². The first-order valence-corrected chi connectivity index (χ1v) is 12.3. The molecule has 37 heavy (non-hydrogen) atoms. The molecule has 1 aliphatic rings. The van der Waals surface area contributed by atoms with Crippen LogP contribution in [-0.2, 0) is 4.79 Å². The zero-order valence-electron chi connectivity index (χ0n) is 21.2. The minimum absolute atomic E-state index is 0.0385. The number of rotatable bonds is 7. The number of hydrogen-bond acceptors (Lipinski definition) is 6. The summed E-state index contributed by atoms with van der Waals surface area (Å²) in [5.41, 5.74) is 0.948. The largest absolute Gasteiger partial charge is 0.349 e. The van der Waals surface area contributed by atoms with Crippen LogP contribution in [0.25, 0.3) is 11.0 Å². The van der Waals surface area contributed by atoms with Gasteiger partial charge < -0.3 is 15.5 Å². The second-order valence-electron chi connectivity index (χ2n) is 9.49. The zero-order valence-corrected chi connectivity index (χ0v) is 21.2. The number of carbonyl (C=O) groups is 2. The summed E-state index contributed by atoms with van der Waals surface area (Å²) in [5, 5.41) is 6.76. The molecule has 0 saturated carbocycles. The van der Waals surface area contributed by atoms with E-state index >= 15 is 0 Å². The van der Waals surface area contributed by atoms with E-state index in [2.05, 4.69) is 27.2 Å². The van der Waals surface area contributed by atoms with Crippen LogP contribution in [0.15, 0.2) is 54.0 Å². The summed E-state index contributed by atoms with van der Waals surface area (Å²) < 4.78 is 16.5. The van der Waals surface area contributed by atoms with Gasteiger partial charge in [0.15, 0.2) is 0 Å². The Morgan fingerprint density at radius 3 is 2.54 bits per heavy atom. The zero-order chi connectivity index (χ0) is 26.7. The predicted molar refractivity (Wildman–Crippen MR) is 140 cm³/mol. The normalized spacial score (nSPS) is 15.0. The molecule has 1 fully saturated rings. The molecule has 1 unspecified atom stereocenters. The average molecular weight is 507 g/mol. The van der Waals surface area contributed by atoms with E-state index < -0.39 is 11.7 Å². The molecule has 1 saturated heterocycles. The van der Waals surface area contributed by atoms with E-state index in [0.29, 0.717) is 43.1 Å². The highest BCUT2D eigenvalue weighted by atomic mass is 19.1. The fourth-order valence-electron chi connectivity index (χ4n) is 4.51. The number of benzene rings is 1. The average Bonchev–Trinajstić information content (AvgIpc) is 2.88. The first-order chi connectivity index (χ1) is 17.7. The van der Waals surface area contributed by atoms with Crippen LogP contribution in [0, 0.1) is 5.82 Å². The summed E-state index contributed by atoms with van der Waals surface area (Å²) in [6, 6.07) is 7.09. The topological polar surface area (TPSA) is 109 Å². The maximum Gasteiger partial charge on any atom is 0.254 e. The molecule has 2 N–H and O–H groups in total. The van der Waals surface area contributed by atoms with Gasteiger partial charge in [0.2, 0.25) is 11.9 Å². The van der Waals surface area contributed by atoms with E-state index in [0.717, 1.165) is 5.39 Å². The number of pyridine rings is 1. The summed E-state index contributed by atoms with van der Waals surface area (Å²) in [6.07, 6.45) is 4.12. The number of fused-ring (bicyclic) bond motifs is 1. The van der Waals surface area contributed by atoms with Crippen LogP contribution < -0.4 is 16.2 Å². The third kappa shape index (κ3) is 5.68. The molecule has 3 heterocycles. The number of nitrogens with zero attached hydrogens (tertiary/aromatic N) is 4. The summed E-state index contributed by atoms with van der Waals surface area (Å²) in [5.74, 6) is -0.931. The van der Waals surface area contributed by atoms with Gasteiger partial charge in [0.1, 0.15) is 11.5 Å². The predicted octanol–water partition coefficient (Wildman–Crippen LogP) is 3.59. The second-order valence-corrected chi connectivity index (χ2v) is 9.49. The number of piperidine rings is 1. The Kier molecular flexibility index (Phi) is 7.66. The van der Waals surface area contributed by atoms with Crippen molar-refractivity contribution in [1.82, 2.24) is 24.8 Å². The van der Waals surface area contributed by atoms with E-state index in [-0.39, 0.29) is 35.2 Å². The van der Waals surface area contributed by atoms with Crippen LogP contribution in [0.3, 0.4) is 0 Å². The van der Waals surface area contributed by atoms with Crippen molar-refractivity contribution in [3.05, 3.63) is 76.5 Å². The molecule has 0 bridgehead atoms. The molecule has 194 valence electrons. The second kappa shape index (κ2) is 10.9. The van der Waals surface area contributed by atoms with Crippen LogP contribution in [0.5, 0.6) is 0 Å². The Bertz CT molecular complexity index is 1390. The SMILES string of the molecule is C=CC(=O)N1CCC(NC(=O)c2ccc(C(C)Nc3ncc4ccc(=O)n(C(C)C)c4n3)cc2F)CC1. The summed E-state index contributed by atoms with van der Waals surface area (Å²) >= 11 is 0. The molecular weight excluding hydrogens is 475 g/mol. The van der Waals surface area contributed by atoms with Crippen LogP contribution in [0.2, 0.25) is 0 Å². The number of aromatic nitrogens is 3. The van der Waals surface area contributed by atoms with E-state index in [1.54, 1.807) is 27.8 Å². The van der Waals surface area contributed by atoms with Crippen LogP contribution >= 0.6 is 0 Å². The first-order valence-electron chi connectivity index (χ1n) is 12.3. The fourth-order valence-corrected chi connectivity index (χ4v) is 4.51. The van der Waals surface area contributed by atoms with Crippen molar-refractivity contribution in [3.8, 4) is 0 Å². The first kappa shape index (κ1) is 26.0. The van der Waals surface area contributed by atoms with Gasteiger partial charge in [-0.1, -0.05) is 12.6 Å². The number of carbonyl (C=O) groups excluding carboxylic acids is 2. The molecule has 0 radical (unpaired) electrons. The Morgan fingerprint density at radius 1 is 1.16 bits per heavy atom. The number of hydrogen-bond donors (Lipinski definition) is 2. The molecule has 0 spiro atoms. The lowest BCUT2D eigenvalue weighted by Crippen LogP contribution is -2.46. The number of likely N-dealkylation sites (tertiary alicyclic amines) is 1. The highest BCUT2D eigenvalue weighted by Crippen LogP contribution is 2.22. The van der Waals surface area contributed by atoms with Gasteiger partial charge in [-0.3, -0.25) is 19.0 Å². The third-order valence-electron chi connectivity index (χ3n) is 6.58. The van der Waals surface area contributed by atoms with Gasteiger partial charge in [0.25, 0.3) is 11.5 Å². The highest BCUT2D eigenvalue weighted by Gasteiger charge is 2.24. The van der Waals surface area contributed by atoms with Crippen molar-refractivity contribution in [2.45, 2.75) is 51.7 Å². The molecule has 10 heteroatoms. The number of anilines is 1. The molecule has 2 aromatic heterocycles. The summed E-state index contributed by atoms with van der Waals surface area (Å²) in [4.78, 5) is 47.3. The maximum absolute atomic E-state index is 14.9. The van der Waals surface area contributed by atoms with Crippen molar-refractivity contribution in [3.63, 3.8) is 0 Å². The van der Waals surface area contributed by atoms with E-state index in [1.165, 1.54) is 24.3 Å². The molecule has 3 aromatic rings. The Morgan fingerprint density at radius 2 is 1.89 bits per heavy atom. The lowest BCUT2D eigenvalue weighted by Gasteiger charge is -2.31. The van der Waals surface area contributed by atoms with Crippen LogP contribution in [0.4, 0.5) is 10.3 Å². The van der Waals surface area contributed by atoms with Crippen LogP contribution in [-0.4, -0.2) is 50.4 Å². The van der Waals surface area contributed by atoms with Gasteiger partial charge in [-0.2, -0.15) is 4.98 Å². The van der Waals surface area contributed by atoms with E-state index in [4.69, 9.17) is 0 Å². The van der Waals surface area contributed by atoms with Crippen molar-refractivity contribution in [1.29, 1.82) is 0 Å². The smallest absolute Gasteiger partial charge is 0.254 e. The molecule has 9 nitrogen and oxygen atoms in total. The number of amides is 2. The molecule has 1 aromatic carbocycles. The van der Waals surface area contributed by atoms with Crippen molar-refractivity contribution < 1.29 is 14.0 Å². The van der Waals surface area contributed by atoms with Gasteiger partial charge in [0.05, 0.1) is 11.6 Å². The lowest BCUT2D eigenvalue weighted by molar-refractivity contribution is -0.127. The third-order valence-corrected chi connectivity index (χ3v) is 6.58. The van der Waals surface area contributed by atoms with Gasteiger partial charge in [-0.05, 0) is 63.5 Å². The Labute approximate surface area is 214 Å². The Balaban J connectivity index is 1.44. The lowest BCUT2D eigenvalue weighted by atomic mass is 10.0. The molecule has 1 atom stereocenters. The molecule has 2 amide bonds. The Hall–Kier alpha value is -4.08. The number of nitrogens with one attached hydrogen (secondary N) is 2. The maximum atomic E-state index is 14.9.